The van der Waals surface area contributed by atoms with Gasteiger partial charge in [0.25, 0.3) is 10.1 Å². The van der Waals surface area contributed by atoms with Crippen LogP contribution in [-0.2, 0) is 38.7 Å². The van der Waals surface area contributed by atoms with Gasteiger partial charge in [-0.3, -0.25) is 14.1 Å². The van der Waals surface area contributed by atoms with Gasteiger partial charge in [-0.25, -0.2) is 0 Å². The number of hydrogen-bond donors (Lipinski definition) is 4. The third-order valence-corrected chi connectivity index (χ3v) is 12.4. The van der Waals surface area contributed by atoms with Gasteiger partial charge in [0, 0.05) is 12.8 Å². The second kappa shape index (κ2) is 41.1. The molecule has 0 aromatic carbocycles. The molecule has 1 fully saturated rings. The van der Waals surface area contributed by atoms with Crippen LogP contribution in [0.5, 0.6) is 0 Å². The van der Waals surface area contributed by atoms with Gasteiger partial charge in [0.1, 0.15) is 36.8 Å². The number of aliphatic hydroxyl groups is 3. The molecule has 1 aliphatic heterocycles. The number of hydrogen-bond acceptors (Lipinski definition) is 11. The highest BCUT2D eigenvalue weighted by atomic mass is 32.2. The Bertz CT molecular complexity index is 1320. The molecule has 0 radical (unpaired) electrons. The number of carbonyl (C=O) groups excluding carboxylic acids is 2. The third-order valence-electron chi connectivity index (χ3n) is 11.7. The number of ether oxygens (including phenoxy) is 4. The van der Waals surface area contributed by atoms with Crippen molar-refractivity contribution >= 4 is 22.1 Å². The minimum atomic E-state index is -4.61. The van der Waals surface area contributed by atoms with Crippen LogP contribution in [-0.4, -0.2) is 96.0 Å². The highest BCUT2D eigenvalue weighted by Gasteiger charge is 2.46. The standard InChI is InChI=1S/C51H92O12S/c1-3-5-7-9-11-13-15-17-19-20-21-22-23-24-26-27-29-31-33-35-37-39-46(52)60-41-44(42-61-51-50(56)49(55)48(54)45(63-51)43-64(57,58)59)62-47(53)40-38-36-34-32-30-28-25-18-16-14-12-10-8-6-4-2/h12,14,17-19,25,44-45,48-51,54-56H,3-11,13,15-16,20-24,26-43H2,1-2H3,(H,57,58,59)/b14-12+,19-17+,25-18+/t44-,45-,48-,49?,50?,51+/m1/s1. The number of allylic oxidation sites excluding steroid dienone is 6. The van der Waals surface area contributed by atoms with Gasteiger partial charge in [0.15, 0.2) is 12.4 Å². The van der Waals surface area contributed by atoms with Crippen molar-refractivity contribution < 1.29 is 56.8 Å². The Kier molecular flexibility index (Phi) is 38.4. The fourth-order valence-electron chi connectivity index (χ4n) is 7.70. The van der Waals surface area contributed by atoms with Crippen molar-refractivity contribution in [3.05, 3.63) is 36.5 Å². The molecule has 0 saturated carbocycles. The molecule has 1 heterocycles. The number of aliphatic hydroxyl groups excluding tert-OH is 3. The molecule has 12 nitrogen and oxygen atoms in total. The zero-order valence-electron chi connectivity index (χ0n) is 40.1. The van der Waals surface area contributed by atoms with E-state index in [9.17, 15) is 37.9 Å². The summed E-state index contributed by atoms with van der Waals surface area (Å²) in [4.78, 5) is 25.5. The Balaban J connectivity index is 2.36. The van der Waals surface area contributed by atoms with E-state index < -0.39 is 71.2 Å². The fraction of sp³-hybridized carbons (Fsp3) is 0.843. The van der Waals surface area contributed by atoms with Crippen molar-refractivity contribution in [3.63, 3.8) is 0 Å². The summed E-state index contributed by atoms with van der Waals surface area (Å²) in [5.74, 6) is -2.00. The summed E-state index contributed by atoms with van der Waals surface area (Å²) in [5.41, 5.74) is 0. The monoisotopic (exact) mass is 929 g/mol. The lowest BCUT2D eigenvalue weighted by atomic mass is 10.00. The van der Waals surface area contributed by atoms with Crippen LogP contribution < -0.4 is 0 Å². The Hall–Kier alpha value is -2.13. The predicted molar refractivity (Wildman–Crippen MR) is 256 cm³/mol. The fourth-order valence-corrected chi connectivity index (χ4v) is 8.39. The Morgan fingerprint density at radius 3 is 1.42 bits per heavy atom. The average Bonchev–Trinajstić information content (AvgIpc) is 3.26. The molecule has 64 heavy (non-hydrogen) atoms. The summed E-state index contributed by atoms with van der Waals surface area (Å²) in [6.45, 7) is 3.74. The van der Waals surface area contributed by atoms with Crippen molar-refractivity contribution in [3.8, 4) is 0 Å². The van der Waals surface area contributed by atoms with E-state index in [4.69, 9.17) is 18.9 Å². The summed E-state index contributed by atoms with van der Waals surface area (Å²) >= 11 is 0. The summed E-state index contributed by atoms with van der Waals surface area (Å²) in [6, 6.07) is 0. The molecule has 0 spiro atoms. The van der Waals surface area contributed by atoms with E-state index in [1.54, 1.807) is 0 Å². The Labute approximate surface area is 389 Å². The van der Waals surface area contributed by atoms with Crippen molar-refractivity contribution in [1.29, 1.82) is 0 Å². The van der Waals surface area contributed by atoms with E-state index in [0.29, 0.717) is 12.8 Å². The van der Waals surface area contributed by atoms with Gasteiger partial charge in [-0.15, -0.1) is 0 Å². The van der Waals surface area contributed by atoms with Crippen LogP contribution in [0, 0.1) is 0 Å². The first-order valence-electron chi connectivity index (χ1n) is 25.5. The summed E-state index contributed by atoms with van der Waals surface area (Å²) in [5, 5.41) is 30.9. The van der Waals surface area contributed by atoms with Crippen molar-refractivity contribution in [2.24, 2.45) is 0 Å². The number of unbranched alkanes of at least 4 members (excludes halogenated alkanes) is 25. The van der Waals surface area contributed by atoms with Gasteiger partial charge in [-0.2, -0.15) is 8.42 Å². The van der Waals surface area contributed by atoms with Crippen LogP contribution in [0.15, 0.2) is 36.5 Å². The molecule has 13 heteroatoms. The molecule has 1 aliphatic rings. The van der Waals surface area contributed by atoms with Crippen LogP contribution in [0.2, 0.25) is 0 Å². The maximum absolute atomic E-state index is 12.8. The SMILES string of the molecule is CCCCC/C=C/C/C=C/CCCCCCCC(=O)O[C@H](COC(=O)CCCCCCCCCCCCC/C=C/CCCCCCCC)CO[C@H]1O[C@H](CS(=O)(=O)O)[C@@H](O)C(O)C1O. The van der Waals surface area contributed by atoms with Crippen molar-refractivity contribution in [2.45, 2.75) is 256 Å². The van der Waals surface area contributed by atoms with Crippen LogP contribution >= 0.6 is 0 Å². The minimum absolute atomic E-state index is 0.149. The van der Waals surface area contributed by atoms with Crippen LogP contribution in [0.3, 0.4) is 0 Å². The first-order valence-corrected chi connectivity index (χ1v) is 27.2. The molecular formula is C51H92O12S. The largest absolute Gasteiger partial charge is 0.462 e. The first kappa shape index (κ1) is 59.9. The Morgan fingerprint density at radius 2 is 0.938 bits per heavy atom. The maximum Gasteiger partial charge on any atom is 0.306 e. The van der Waals surface area contributed by atoms with Crippen LogP contribution in [0.1, 0.15) is 219 Å². The molecule has 2 unspecified atom stereocenters. The molecule has 0 amide bonds. The first-order chi connectivity index (χ1) is 31.0. The molecule has 6 atom stereocenters. The summed E-state index contributed by atoms with van der Waals surface area (Å²) < 4.78 is 54.2. The second-order valence-electron chi connectivity index (χ2n) is 17.8. The van der Waals surface area contributed by atoms with Gasteiger partial charge in [-0.1, -0.05) is 172 Å². The minimum Gasteiger partial charge on any atom is -0.462 e. The average molecular weight is 929 g/mol. The molecule has 1 saturated heterocycles. The topological polar surface area (TPSA) is 186 Å². The highest BCUT2D eigenvalue weighted by Crippen LogP contribution is 2.24. The number of rotatable bonds is 43. The number of carbonyl (C=O) groups is 2. The van der Waals surface area contributed by atoms with Gasteiger partial charge < -0.3 is 34.3 Å². The van der Waals surface area contributed by atoms with E-state index in [0.717, 1.165) is 64.2 Å². The van der Waals surface area contributed by atoms with Crippen LogP contribution in [0.4, 0.5) is 0 Å². The van der Waals surface area contributed by atoms with Crippen LogP contribution in [0.25, 0.3) is 0 Å². The summed E-state index contributed by atoms with van der Waals surface area (Å²) in [6.07, 6.45) is 39.0. The van der Waals surface area contributed by atoms with E-state index >= 15 is 0 Å². The molecule has 0 bridgehead atoms. The van der Waals surface area contributed by atoms with Crippen molar-refractivity contribution in [2.75, 3.05) is 19.0 Å². The quantitative estimate of drug-likeness (QED) is 0.0196. The maximum atomic E-state index is 12.8. The van der Waals surface area contributed by atoms with Crippen molar-refractivity contribution in [1.82, 2.24) is 0 Å². The lowest BCUT2D eigenvalue weighted by Gasteiger charge is -2.40. The molecule has 374 valence electrons. The molecule has 0 aliphatic carbocycles. The Morgan fingerprint density at radius 1 is 0.531 bits per heavy atom. The highest BCUT2D eigenvalue weighted by molar-refractivity contribution is 7.85. The zero-order chi connectivity index (χ0) is 46.9. The van der Waals surface area contributed by atoms with Gasteiger partial charge in [0.2, 0.25) is 0 Å². The molecule has 1 rings (SSSR count). The number of esters is 2. The van der Waals surface area contributed by atoms with E-state index in [-0.39, 0.29) is 19.4 Å². The molecule has 4 N–H and O–H groups in total. The third kappa shape index (κ3) is 35.1. The summed E-state index contributed by atoms with van der Waals surface area (Å²) in [7, 11) is -4.61. The van der Waals surface area contributed by atoms with E-state index in [1.165, 1.54) is 116 Å². The molecular weight excluding hydrogens is 837 g/mol. The van der Waals surface area contributed by atoms with E-state index in [2.05, 4.69) is 50.3 Å². The lowest BCUT2D eigenvalue weighted by molar-refractivity contribution is -0.297. The molecule has 0 aromatic heterocycles. The second-order valence-corrected chi connectivity index (χ2v) is 19.3. The van der Waals surface area contributed by atoms with Gasteiger partial charge in [0.05, 0.1) is 6.61 Å². The zero-order valence-corrected chi connectivity index (χ0v) is 41.0. The predicted octanol–water partition coefficient (Wildman–Crippen LogP) is 11.3. The molecule has 0 aromatic rings. The smallest absolute Gasteiger partial charge is 0.306 e. The van der Waals surface area contributed by atoms with E-state index in [1.807, 2.05) is 0 Å². The van der Waals surface area contributed by atoms with Gasteiger partial charge in [-0.05, 0) is 70.6 Å². The normalized spacial score (nSPS) is 19.9. The lowest BCUT2D eigenvalue weighted by Crippen LogP contribution is -2.60. The van der Waals surface area contributed by atoms with Gasteiger partial charge >= 0.3 is 11.9 Å².